The molecule has 1 aromatic rings. The first-order chi connectivity index (χ1) is 7.93. The van der Waals surface area contributed by atoms with Crippen molar-refractivity contribution in [3.05, 3.63) is 29.3 Å². The van der Waals surface area contributed by atoms with E-state index >= 15 is 0 Å². The summed E-state index contributed by atoms with van der Waals surface area (Å²) >= 11 is 0. The summed E-state index contributed by atoms with van der Waals surface area (Å²) in [5, 5.41) is 0. The summed E-state index contributed by atoms with van der Waals surface area (Å²) in [6.07, 6.45) is 7.09. The third-order valence-corrected chi connectivity index (χ3v) is 4.88. The fourth-order valence-electron chi connectivity index (χ4n) is 4.17. The van der Waals surface area contributed by atoms with Crippen LogP contribution >= 0.6 is 0 Å². The van der Waals surface area contributed by atoms with E-state index < -0.39 is 0 Å². The molecule has 84 valence electrons. The van der Waals surface area contributed by atoms with Crippen molar-refractivity contribution in [2.45, 2.75) is 38.0 Å². The van der Waals surface area contributed by atoms with Gasteiger partial charge in [0.1, 0.15) is 0 Å². The molecule has 0 aromatic heterocycles. The van der Waals surface area contributed by atoms with Gasteiger partial charge in [0.25, 0.3) is 0 Å². The van der Waals surface area contributed by atoms with Crippen LogP contribution in [0.1, 0.15) is 42.7 Å². The van der Waals surface area contributed by atoms with Gasteiger partial charge < -0.3 is 4.90 Å². The quantitative estimate of drug-likeness (QED) is 0.639. The van der Waals surface area contributed by atoms with E-state index in [4.69, 9.17) is 0 Å². The minimum absolute atomic E-state index is 0.887. The van der Waals surface area contributed by atoms with Crippen LogP contribution in [0.25, 0.3) is 0 Å². The second-order valence-electron chi connectivity index (χ2n) is 5.70. The van der Waals surface area contributed by atoms with Gasteiger partial charge in [-0.05, 0) is 42.2 Å². The lowest BCUT2D eigenvalue weighted by Crippen LogP contribution is -2.37. The first-order valence-corrected chi connectivity index (χ1v) is 6.80. The zero-order chi connectivity index (χ0) is 10.5. The summed E-state index contributed by atoms with van der Waals surface area (Å²) in [5.41, 5.74) is 4.93. The zero-order valence-corrected chi connectivity index (χ0v) is 9.78. The van der Waals surface area contributed by atoms with Crippen LogP contribution in [0.15, 0.2) is 18.2 Å². The van der Waals surface area contributed by atoms with Crippen molar-refractivity contribution in [1.29, 1.82) is 0 Å². The van der Waals surface area contributed by atoms with E-state index in [9.17, 15) is 0 Å². The minimum atomic E-state index is 0.887. The molecular formula is C15H19N. The minimum Gasteiger partial charge on any atom is -0.370 e. The summed E-state index contributed by atoms with van der Waals surface area (Å²) in [6.45, 7) is 2.62. The van der Waals surface area contributed by atoms with Crippen LogP contribution in [0.5, 0.6) is 0 Å². The highest BCUT2D eigenvalue weighted by atomic mass is 15.2. The molecule has 3 aliphatic rings. The van der Waals surface area contributed by atoms with Gasteiger partial charge in [0, 0.05) is 18.8 Å². The van der Waals surface area contributed by atoms with Gasteiger partial charge in [-0.2, -0.15) is 0 Å². The molecule has 1 nitrogen and oxygen atoms in total. The Balaban J connectivity index is 1.86. The van der Waals surface area contributed by atoms with Crippen LogP contribution in [0.2, 0.25) is 0 Å². The fraction of sp³-hybridized carbons (Fsp3) is 0.600. The molecular weight excluding hydrogens is 194 g/mol. The van der Waals surface area contributed by atoms with Crippen molar-refractivity contribution in [2.24, 2.45) is 5.92 Å². The molecule has 0 unspecified atom stereocenters. The van der Waals surface area contributed by atoms with E-state index in [0.29, 0.717) is 0 Å². The Morgan fingerprint density at radius 1 is 1.12 bits per heavy atom. The zero-order valence-electron chi connectivity index (χ0n) is 9.78. The molecule has 2 aliphatic heterocycles. The number of anilines is 1. The van der Waals surface area contributed by atoms with Crippen LogP contribution < -0.4 is 4.90 Å². The third-order valence-electron chi connectivity index (χ3n) is 4.88. The topological polar surface area (TPSA) is 3.24 Å². The number of hydrogen-bond donors (Lipinski definition) is 0. The lowest BCUT2D eigenvalue weighted by Gasteiger charge is -2.42. The normalized spacial score (nSPS) is 31.1. The van der Waals surface area contributed by atoms with Gasteiger partial charge in [-0.15, -0.1) is 0 Å². The monoisotopic (exact) mass is 213 g/mol. The SMILES string of the molecule is c1cc2c3c(c1)[C@@H]1CCCC[C@@H]1CN3CC2. The van der Waals surface area contributed by atoms with Crippen molar-refractivity contribution in [1.82, 2.24) is 0 Å². The van der Waals surface area contributed by atoms with Crippen LogP contribution in [-0.4, -0.2) is 13.1 Å². The second kappa shape index (κ2) is 3.26. The Morgan fingerprint density at radius 3 is 3.06 bits per heavy atom. The Morgan fingerprint density at radius 2 is 2.06 bits per heavy atom. The van der Waals surface area contributed by atoms with Crippen molar-refractivity contribution < 1.29 is 0 Å². The second-order valence-corrected chi connectivity index (χ2v) is 5.70. The Kier molecular flexibility index (Phi) is 1.85. The third kappa shape index (κ3) is 1.12. The highest BCUT2D eigenvalue weighted by molar-refractivity contribution is 5.66. The molecule has 1 heteroatoms. The molecule has 1 aromatic carbocycles. The number of para-hydroxylation sites is 1. The summed E-state index contributed by atoms with van der Waals surface area (Å²) in [7, 11) is 0. The lowest BCUT2D eigenvalue weighted by atomic mass is 9.72. The first-order valence-electron chi connectivity index (χ1n) is 6.80. The van der Waals surface area contributed by atoms with Gasteiger partial charge in [-0.3, -0.25) is 0 Å². The highest BCUT2D eigenvalue weighted by Gasteiger charge is 2.37. The predicted molar refractivity (Wildman–Crippen MR) is 67.1 cm³/mol. The summed E-state index contributed by atoms with van der Waals surface area (Å²) in [6, 6.07) is 7.02. The first kappa shape index (κ1) is 9.09. The number of benzene rings is 1. The van der Waals surface area contributed by atoms with Crippen molar-refractivity contribution in [3.63, 3.8) is 0 Å². The maximum atomic E-state index is 2.66. The van der Waals surface area contributed by atoms with Gasteiger partial charge in [0.05, 0.1) is 0 Å². The fourth-order valence-corrected chi connectivity index (χ4v) is 4.17. The van der Waals surface area contributed by atoms with Gasteiger partial charge >= 0.3 is 0 Å². The molecule has 0 saturated heterocycles. The molecule has 16 heavy (non-hydrogen) atoms. The number of rotatable bonds is 0. The smallest absolute Gasteiger partial charge is 0.0435 e. The maximum Gasteiger partial charge on any atom is 0.0435 e. The molecule has 1 fully saturated rings. The summed E-state index contributed by atoms with van der Waals surface area (Å²) in [5.74, 6) is 1.84. The average molecular weight is 213 g/mol. The van der Waals surface area contributed by atoms with Crippen molar-refractivity contribution >= 4 is 5.69 Å². The van der Waals surface area contributed by atoms with Gasteiger partial charge in [-0.25, -0.2) is 0 Å². The molecule has 1 saturated carbocycles. The maximum absolute atomic E-state index is 2.66. The lowest BCUT2D eigenvalue weighted by molar-refractivity contribution is 0.299. The number of fused-ring (bicyclic) bond motifs is 2. The molecule has 0 radical (unpaired) electrons. The van der Waals surface area contributed by atoms with Crippen molar-refractivity contribution in [3.8, 4) is 0 Å². The standard InChI is InChI=1S/C15H19N/c1-2-6-13-12(4-1)10-16-9-8-11-5-3-7-14(13)15(11)16/h3,5,7,12-13H,1-2,4,6,8-10H2/t12-,13-/m1/s1. The Bertz CT molecular complexity index is 423. The molecule has 0 N–H and O–H groups in total. The van der Waals surface area contributed by atoms with E-state index in [2.05, 4.69) is 23.1 Å². The molecule has 2 heterocycles. The van der Waals surface area contributed by atoms with E-state index in [0.717, 1.165) is 11.8 Å². The Labute approximate surface area is 97.5 Å². The van der Waals surface area contributed by atoms with E-state index in [1.54, 1.807) is 16.8 Å². The summed E-state index contributed by atoms with van der Waals surface area (Å²) < 4.78 is 0. The van der Waals surface area contributed by atoms with E-state index in [1.165, 1.54) is 45.2 Å². The molecule has 1 aliphatic carbocycles. The van der Waals surface area contributed by atoms with Gasteiger partial charge in [-0.1, -0.05) is 31.0 Å². The Hall–Kier alpha value is -0.980. The molecule has 0 bridgehead atoms. The van der Waals surface area contributed by atoms with E-state index in [-0.39, 0.29) is 0 Å². The highest BCUT2D eigenvalue weighted by Crippen LogP contribution is 2.48. The molecule has 0 amide bonds. The summed E-state index contributed by atoms with van der Waals surface area (Å²) in [4.78, 5) is 2.66. The van der Waals surface area contributed by atoms with E-state index in [1.807, 2.05) is 0 Å². The largest absolute Gasteiger partial charge is 0.370 e. The number of hydrogen-bond acceptors (Lipinski definition) is 1. The number of nitrogens with zero attached hydrogens (tertiary/aromatic N) is 1. The van der Waals surface area contributed by atoms with Crippen molar-refractivity contribution in [2.75, 3.05) is 18.0 Å². The molecule has 2 atom stereocenters. The van der Waals surface area contributed by atoms with Crippen LogP contribution in [0.4, 0.5) is 5.69 Å². The predicted octanol–water partition coefficient (Wildman–Crippen LogP) is 3.34. The molecule has 4 rings (SSSR count). The van der Waals surface area contributed by atoms with Crippen LogP contribution in [-0.2, 0) is 6.42 Å². The average Bonchev–Trinajstić information content (AvgIpc) is 2.75. The molecule has 0 spiro atoms. The van der Waals surface area contributed by atoms with Crippen LogP contribution in [0, 0.1) is 5.92 Å². The van der Waals surface area contributed by atoms with Crippen LogP contribution in [0.3, 0.4) is 0 Å². The van der Waals surface area contributed by atoms with Gasteiger partial charge in [0.15, 0.2) is 0 Å². The van der Waals surface area contributed by atoms with Gasteiger partial charge in [0.2, 0.25) is 0 Å².